The zero-order chi connectivity index (χ0) is 14.4. The van der Waals surface area contributed by atoms with Gasteiger partial charge >= 0.3 is 0 Å². The second kappa shape index (κ2) is 5.00. The zero-order valence-corrected chi connectivity index (χ0v) is 12.6. The molecule has 0 atom stereocenters. The number of aromatic nitrogens is 1. The van der Waals surface area contributed by atoms with Crippen molar-refractivity contribution in [2.75, 3.05) is 11.4 Å². The molecular weight excluding hydrogens is 260 g/mol. The van der Waals surface area contributed by atoms with Gasteiger partial charge in [0.1, 0.15) is 11.7 Å². The Balaban J connectivity index is 1.74. The van der Waals surface area contributed by atoms with Gasteiger partial charge in [-0.1, -0.05) is 0 Å². The number of amidine groups is 1. The Morgan fingerprint density at radius 2 is 2.00 bits per heavy atom. The molecule has 3 aliphatic rings. The van der Waals surface area contributed by atoms with E-state index in [1.807, 2.05) is 0 Å². The predicted octanol–water partition coefficient (Wildman–Crippen LogP) is 2.62. The molecule has 0 unspecified atom stereocenters. The summed E-state index contributed by atoms with van der Waals surface area (Å²) in [4.78, 5) is 7.44. The molecule has 0 aromatic carbocycles. The van der Waals surface area contributed by atoms with Gasteiger partial charge in [0.05, 0.1) is 5.56 Å². The van der Waals surface area contributed by atoms with Gasteiger partial charge in [-0.15, -0.1) is 0 Å². The van der Waals surface area contributed by atoms with Gasteiger partial charge in [-0.05, 0) is 68.9 Å². The number of nitrogens with two attached hydrogens (primary N) is 1. The number of aryl methyl sites for hydroxylation is 2. The Morgan fingerprint density at radius 3 is 2.67 bits per heavy atom. The molecule has 3 aliphatic carbocycles. The van der Waals surface area contributed by atoms with Gasteiger partial charge in [0.25, 0.3) is 0 Å². The molecular formula is C17H24N4. The number of nitrogens with one attached hydrogen (secondary N) is 1. The summed E-state index contributed by atoms with van der Waals surface area (Å²) in [5.74, 6) is 2.01. The van der Waals surface area contributed by atoms with E-state index in [1.54, 1.807) is 0 Å². The van der Waals surface area contributed by atoms with Crippen molar-refractivity contribution in [1.82, 2.24) is 4.98 Å². The summed E-state index contributed by atoms with van der Waals surface area (Å²) in [7, 11) is 0. The molecule has 0 spiro atoms. The number of nitrogens with zero attached hydrogens (tertiary/aromatic N) is 2. The summed E-state index contributed by atoms with van der Waals surface area (Å²) in [6.45, 7) is 1.11. The Hall–Kier alpha value is -1.58. The maximum atomic E-state index is 7.96. The first-order chi connectivity index (χ1) is 10.2. The van der Waals surface area contributed by atoms with Crippen LogP contribution in [0.15, 0.2) is 6.07 Å². The lowest BCUT2D eigenvalue weighted by atomic mass is 9.94. The summed E-state index contributed by atoms with van der Waals surface area (Å²) in [5.41, 5.74) is 9.30. The molecule has 0 aliphatic heterocycles. The standard InChI is InChI=1S/C17H24N4/c18-16(19)14-9-12-3-1-2-4-15(12)20-17(14)21(13-7-8-13)10-11-5-6-11/h9,11,13H,1-8,10H2,(H3,18,19). The summed E-state index contributed by atoms with van der Waals surface area (Å²) < 4.78 is 0. The third kappa shape index (κ3) is 2.63. The molecule has 2 fully saturated rings. The van der Waals surface area contributed by atoms with Crippen molar-refractivity contribution in [3.05, 3.63) is 22.9 Å². The molecule has 112 valence electrons. The van der Waals surface area contributed by atoms with E-state index < -0.39 is 0 Å². The number of hydrogen-bond donors (Lipinski definition) is 2. The molecule has 4 heteroatoms. The normalized spacial score (nSPS) is 21.0. The van der Waals surface area contributed by atoms with Crippen molar-refractivity contribution in [2.24, 2.45) is 11.7 Å². The van der Waals surface area contributed by atoms with Gasteiger partial charge in [-0.2, -0.15) is 0 Å². The van der Waals surface area contributed by atoms with Crippen molar-refractivity contribution in [1.29, 1.82) is 5.41 Å². The highest BCUT2D eigenvalue weighted by molar-refractivity contribution is 6.00. The average Bonchev–Trinajstić information content (AvgIpc) is 3.36. The van der Waals surface area contributed by atoms with E-state index in [2.05, 4.69) is 11.0 Å². The minimum atomic E-state index is 0.173. The van der Waals surface area contributed by atoms with Crippen LogP contribution in [0.5, 0.6) is 0 Å². The fourth-order valence-corrected chi connectivity index (χ4v) is 3.41. The van der Waals surface area contributed by atoms with E-state index in [-0.39, 0.29) is 5.84 Å². The van der Waals surface area contributed by atoms with Crippen LogP contribution in [0.1, 0.15) is 55.3 Å². The Labute approximate surface area is 126 Å². The smallest absolute Gasteiger partial charge is 0.140 e. The second-order valence-electron chi connectivity index (χ2n) is 6.91. The minimum absolute atomic E-state index is 0.173. The molecule has 4 rings (SSSR count). The lowest BCUT2D eigenvalue weighted by Gasteiger charge is -2.28. The number of rotatable bonds is 5. The molecule has 0 bridgehead atoms. The highest BCUT2D eigenvalue weighted by Crippen LogP contribution is 2.39. The molecule has 2 saturated carbocycles. The van der Waals surface area contributed by atoms with Crippen molar-refractivity contribution >= 4 is 11.7 Å². The molecule has 0 radical (unpaired) electrons. The van der Waals surface area contributed by atoms with Crippen LogP contribution in [0.25, 0.3) is 0 Å². The van der Waals surface area contributed by atoms with E-state index in [0.29, 0.717) is 6.04 Å². The molecule has 1 aromatic heterocycles. The largest absolute Gasteiger partial charge is 0.384 e. The quantitative estimate of drug-likeness (QED) is 0.645. The number of nitrogen functional groups attached to an aromatic ring is 1. The van der Waals surface area contributed by atoms with Crippen LogP contribution in [0.2, 0.25) is 0 Å². The lowest BCUT2D eigenvalue weighted by molar-refractivity contribution is 0.657. The Kier molecular flexibility index (Phi) is 3.12. The fourth-order valence-electron chi connectivity index (χ4n) is 3.41. The molecule has 1 heterocycles. The summed E-state index contributed by atoms with van der Waals surface area (Å²) in [5, 5.41) is 7.96. The van der Waals surface area contributed by atoms with E-state index >= 15 is 0 Å². The number of pyridine rings is 1. The fraction of sp³-hybridized carbons (Fsp3) is 0.647. The second-order valence-corrected chi connectivity index (χ2v) is 6.91. The van der Waals surface area contributed by atoms with Crippen molar-refractivity contribution in [2.45, 2.75) is 57.4 Å². The molecule has 1 aromatic rings. The number of hydrogen-bond acceptors (Lipinski definition) is 3. The van der Waals surface area contributed by atoms with Crippen LogP contribution in [0.4, 0.5) is 5.82 Å². The summed E-state index contributed by atoms with van der Waals surface area (Å²) in [6, 6.07) is 2.79. The number of fused-ring (bicyclic) bond motifs is 1. The van der Waals surface area contributed by atoms with E-state index in [4.69, 9.17) is 16.1 Å². The third-order valence-corrected chi connectivity index (χ3v) is 4.98. The van der Waals surface area contributed by atoms with E-state index in [0.717, 1.165) is 36.7 Å². The summed E-state index contributed by atoms with van der Waals surface area (Å²) in [6.07, 6.45) is 9.89. The van der Waals surface area contributed by atoms with Crippen LogP contribution >= 0.6 is 0 Å². The molecule has 0 saturated heterocycles. The zero-order valence-electron chi connectivity index (χ0n) is 12.6. The van der Waals surface area contributed by atoms with Crippen LogP contribution in [0.3, 0.4) is 0 Å². The van der Waals surface area contributed by atoms with Gasteiger partial charge in [0.15, 0.2) is 0 Å². The molecule has 4 nitrogen and oxygen atoms in total. The highest BCUT2D eigenvalue weighted by Gasteiger charge is 2.36. The monoisotopic (exact) mass is 284 g/mol. The van der Waals surface area contributed by atoms with Crippen LogP contribution in [0, 0.1) is 11.3 Å². The maximum Gasteiger partial charge on any atom is 0.140 e. The topological polar surface area (TPSA) is 66.0 Å². The first kappa shape index (κ1) is 13.1. The number of anilines is 1. The van der Waals surface area contributed by atoms with Gasteiger partial charge in [-0.3, -0.25) is 5.41 Å². The first-order valence-corrected chi connectivity index (χ1v) is 8.36. The van der Waals surface area contributed by atoms with Crippen molar-refractivity contribution in [3.8, 4) is 0 Å². The maximum absolute atomic E-state index is 7.96. The van der Waals surface area contributed by atoms with Crippen molar-refractivity contribution in [3.63, 3.8) is 0 Å². The highest BCUT2D eigenvalue weighted by atomic mass is 15.2. The molecule has 3 N–H and O–H groups in total. The Morgan fingerprint density at radius 1 is 1.24 bits per heavy atom. The van der Waals surface area contributed by atoms with E-state index in [1.165, 1.54) is 49.8 Å². The van der Waals surface area contributed by atoms with Gasteiger partial charge in [0.2, 0.25) is 0 Å². The van der Waals surface area contributed by atoms with Crippen LogP contribution < -0.4 is 10.6 Å². The Bertz CT molecular complexity index is 572. The predicted molar refractivity (Wildman–Crippen MR) is 85.0 cm³/mol. The third-order valence-electron chi connectivity index (χ3n) is 4.98. The van der Waals surface area contributed by atoms with Gasteiger partial charge < -0.3 is 10.6 Å². The van der Waals surface area contributed by atoms with Gasteiger partial charge in [-0.25, -0.2) is 4.98 Å². The average molecular weight is 284 g/mol. The van der Waals surface area contributed by atoms with Crippen LogP contribution in [-0.4, -0.2) is 23.4 Å². The van der Waals surface area contributed by atoms with Gasteiger partial charge in [0, 0.05) is 18.3 Å². The molecule has 21 heavy (non-hydrogen) atoms. The lowest BCUT2D eigenvalue weighted by Crippen LogP contribution is -2.32. The van der Waals surface area contributed by atoms with Crippen LogP contribution in [-0.2, 0) is 12.8 Å². The van der Waals surface area contributed by atoms with E-state index in [9.17, 15) is 0 Å². The first-order valence-electron chi connectivity index (χ1n) is 8.36. The SMILES string of the molecule is N=C(N)c1cc2c(nc1N(CC1CC1)C1CC1)CCCC2. The minimum Gasteiger partial charge on any atom is -0.384 e. The summed E-state index contributed by atoms with van der Waals surface area (Å²) >= 11 is 0. The van der Waals surface area contributed by atoms with Crippen molar-refractivity contribution < 1.29 is 0 Å². The molecule has 0 amide bonds.